The van der Waals surface area contributed by atoms with E-state index in [1.807, 2.05) is 31.2 Å². The van der Waals surface area contributed by atoms with Gasteiger partial charge in [0.15, 0.2) is 0 Å². The SMILES string of the molecule is CCNC(=O)c1cccc(NC(=O)CSc2ccc(Br)cc2)c1. The van der Waals surface area contributed by atoms with Gasteiger partial charge in [-0.05, 0) is 49.4 Å². The molecule has 0 spiro atoms. The Bertz CT molecular complexity index is 689. The van der Waals surface area contributed by atoms with Crippen LogP contribution in [-0.2, 0) is 4.79 Å². The number of nitrogens with one attached hydrogen (secondary N) is 2. The van der Waals surface area contributed by atoms with Crippen LogP contribution in [0.3, 0.4) is 0 Å². The molecule has 0 bridgehead atoms. The lowest BCUT2D eigenvalue weighted by Gasteiger charge is -2.07. The van der Waals surface area contributed by atoms with E-state index in [0.29, 0.717) is 23.5 Å². The second-order valence-electron chi connectivity index (χ2n) is 4.73. The van der Waals surface area contributed by atoms with E-state index in [1.165, 1.54) is 11.8 Å². The van der Waals surface area contributed by atoms with Gasteiger partial charge in [-0.15, -0.1) is 11.8 Å². The second-order valence-corrected chi connectivity index (χ2v) is 6.70. The lowest BCUT2D eigenvalue weighted by Crippen LogP contribution is -2.23. The van der Waals surface area contributed by atoms with E-state index >= 15 is 0 Å². The lowest BCUT2D eigenvalue weighted by atomic mass is 10.2. The molecule has 6 heteroatoms. The topological polar surface area (TPSA) is 58.2 Å². The standard InChI is InChI=1S/C17H17BrN2O2S/c1-2-19-17(22)12-4-3-5-14(10-12)20-16(21)11-23-15-8-6-13(18)7-9-15/h3-10H,2,11H2,1H3,(H,19,22)(H,20,21). The summed E-state index contributed by atoms with van der Waals surface area (Å²) >= 11 is 4.84. The van der Waals surface area contributed by atoms with Gasteiger partial charge < -0.3 is 10.6 Å². The number of thioether (sulfide) groups is 1. The van der Waals surface area contributed by atoms with E-state index < -0.39 is 0 Å². The first-order valence-corrected chi connectivity index (χ1v) is 8.93. The molecule has 2 aromatic rings. The molecular weight excluding hydrogens is 376 g/mol. The molecule has 0 saturated heterocycles. The maximum atomic E-state index is 12.0. The van der Waals surface area contributed by atoms with Crippen molar-refractivity contribution in [1.29, 1.82) is 0 Å². The van der Waals surface area contributed by atoms with E-state index in [-0.39, 0.29) is 11.8 Å². The van der Waals surface area contributed by atoms with Gasteiger partial charge in [-0.1, -0.05) is 22.0 Å². The van der Waals surface area contributed by atoms with Crippen molar-refractivity contribution in [3.8, 4) is 0 Å². The Labute approximate surface area is 148 Å². The zero-order chi connectivity index (χ0) is 16.7. The van der Waals surface area contributed by atoms with Crippen molar-refractivity contribution in [2.24, 2.45) is 0 Å². The predicted molar refractivity (Wildman–Crippen MR) is 97.9 cm³/mol. The molecule has 0 aliphatic heterocycles. The number of hydrogen-bond donors (Lipinski definition) is 2. The summed E-state index contributed by atoms with van der Waals surface area (Å²) in [5.74, 6) is 0.0614. The number of halogens is 1. The molecule has 2 rings (SSSR count). The summed E-state index contributed by atoms with van der Waals surface area (Å²) in [6.07, 6.45) is 0. The summed E-state index contributed by atoms with van der Waals surface area (Å²) in [7, 11) is 0. The van der Waals surface area contributed by atoms with E-state index in [4.69, 9.17) is 0 Å². The maximum absolute atomic E-state index is 12.0. The van der Waals surface area contributed by atoms with Crippen LogP contribution in [0.15, 0.2) is 57.9 Å². The molecule has 120 valence electrons. The highest BCUT2D eigenvalue weighted by Crippen LogP contribution is 2.21. The van der Waals surface area contributed by atoms with Gasteiger partial charge in [0, 0.05) is 27.2 Å². The molecular formula is C17H17BrN2O2S. The van der Waals surface area contributed by atoms with Crippen LogP contribution < -0.4 is 10.6 Å². The summed E-state index contributed by atoms with van der Waals surface area (Å²) in [6, 6.07) is 14.7. The molecule has 0 aromatic heterocycles. The van der Waals surface area contributed by atoms with Crippen LogP contribution in [0.1, 0.15) is 17.3 Å². The summed E-state index contributed by atoms with van der Waals surface area (Å²) in [4.78, 5) is 24.8. The smallest absolute Gasteiger partial charge is 0.251 e. The van der Waals surface area contributed by atoms with E-state index in [0.717, 1.165) is 9.37 Å². The molecule has 0 atom stereocenters. The molecule has 0 aliphatic rings. The van der Waals surface area contributed by atoms with Crippen LogP contribution in [0.2, 0.25) is 0 Å². The minimum atomic E-state index is -0.146. The fourth-order valence-electron chi connectivity index (χ4n) is 1.88. The van der Waals surface area contributed by atoms with Crippen molar-refractivity contribution < 1.29 is 9.59 Å². The first-order valence-electron chi connectivity index (χ1n) is 7.15. The molecule has 2 aromatic carbocycles. The Kier molecular flexibility index (Phi) is 6.67. The molecule has 2 N–H and O–H groups in total. The molecule has 0 fully saturated rings. The Hall–Kier alpha value is -1.79. The molecule has 0 saturated carbocycles. The van der Waals surface area contributed by atoms with Crippen LogP contribution in [0.25, 0.3) is 0 Å². The quantitative estimate of drug-likeness (QED) is 0.732. The van der Waals surface area contributed by atoms with E-state index in [2.05, 4.69) is 26.6 Å². The number of amides is 2. The summed E-state index contributed by atoms with van der Waals surface area (Å²) in [6.45, 7) is 2.43. The third-order valence-corrected chi connectivity index (χ3v) is 4.47. The van der Waals surface area contributed by atoms with Gasteiger partial charge in [0.05, 0.1) is 5.75 Å². The van der Waals surface area contributed by atoms with E-state index in [9.17, 15) is 9.59 Å². The maximum Gasteiger partial charge on any atom is 0.251 e. The van der Waals surface area contributed by atoms with Gasteiger partial charge in [0.2, 0.25) is 5.91 Å². The minimum Gasteiger partial charge on any atom is -0.352 e. The average Bonchev–Trinajstić information content (AvgIpc) is 2.55. The van der Waals surface area contributed by atoms with Crippen LogP contribution in [-0.4, -0.2) is 24.1 Å². The van der Waals surface area contributed by atoms with Gasteiger partial charge in [-0.3, -0.25) is 9.59 Å². The van der Waals surface area contributed by atoms with Crippen LogP contribution in [0.5, 0.6) is 0 Å². The predicted octanol–water partition coefficient (Wildman–Crippen LogP) is 3.93. The number of carbonyl (C=O) groups excluding carboxylic acids is 2. The average molecular weight is 393 g/mol. The zero-order valence-electron chi connectivity index (χ0n) is 12.6. The van der Waals surface area contributed by atoms with Crippen molar-refractivity contribution in [2.45, 2.75) is 11.8 Å². The van der Waals surface area contributed by atoms with Crippen molar-refractivity contribution >= 4 is 45.2 Å². The number of benzene rings is 2. The van der Waals surface area contributed by atoms with Crippen molar-refractivity contribution in [3.63, 3.8) is 0 Å². The van der Waals surface area contributed by atoms with Gasteiger partial charge in [0.25, 0.3) is 5.91 Å². The van der Waals surface area contributed by atoms with Crippen LogP contribution in [0, 0.1) is 0 Å². The number of carbonyl (C=O) groups is 2. The molecule has 0 unspecified atom stereocenters. The van der Waals surface area contributed by atoms with Crippen LogP contribution >= 0.6 is 27.7 Å². The first kappa shape index (κ1) is 17.6. The third kappa shape index (κ3) is 5.73. The van der Waals surface area contributed by atoms with Gasteiger partial charge in [-0.25, -0.2) is 0 Å². The molecule has 0 heterocycles. The zero-order valence-corrected chi connectivity index (χ0v) is 15.0. The molecule has 4 nitrogen and oxygen atoms in total. The summed E-state index contributed by atoms with van der Waals surface area (Å²) < 4.78 is 1.01. The Balaban J connectivity index is 1.91. The molecule has 0 aliphatic carbocycles. The van der Waals surface area contributed by atoms with Gasteiger partial charge >= 0.3 is 0 Å². The Morgan fingerprint density at radius 3 is 2.57 bits per heavy atom. The minimum absolute atomic E-state index is 0.106. The Morgan fingerprint density at radius 1 is 1.13 bits per heavy atom. The largest absolute Gasteiger partial charge is 0.352 e. The van der Waals surface area contributed by atoms with Gasteiger partial charge in [-0.2, -0.15) is 0 Å². The van der Waals surface area contributed by atoms with Gasteiger partial charge in [0.1, 0.15) is 0 Å². The molecule has 0 radical (unpaired) electrons. The highest BCUT2D eigenvalue weighted by Gasteiger charge is 2.07. The lowest BCUT2D eigenvalue weighted by molar-refractivity contribution is -0.113. The number of hydrogen-bond acceptors (Lipinski definition) is 3. The Morgan fingerprint density at radius 2 is 1.87 bits per heavy atom. The highest BCUT2D eigenvalue weighted by atomic mass is 79.9. The number of rotatable bonds is 6. The van der Waals surface area contributed by atoms with Crippen molar-refractivity contribution in [3.05, 3.63) is 58.6 Å². The van der Waals surface area contributed by atoms with Crippen molar-refractivity contribution in [1.82, 2.24) is 5.32 Å². The first-order chi connectivity index (χ1) is 11.1. The normalized spacial score (nSPS) is 10.2. The monoisotopic (exact) mass is 392 g/mol. The summed E-state index contributed by atoms with van der Waals surface area (Å²) in [5, 5.41) is 5.55. The summed E-state index contributed by atoms with van der Waals surface area (Å²) in [5.41, 5.74) is 1.15. The fourth-order valence-corrected chi connectivity index (χ4v) is 2.84. The highest BCUT2D eigenvalue weighted by molar-refractivity contribution is 9.10. The third-order valence-electron chi connectivity index (χ3n) is 2.93. The second kappa shape index (κ2) is 8.74. The molecule has 23 heavy (non-hydrogen) atoms. The fraction of sp³-hybridized carbons (Fsp3) is 0.176. The van der Waals surface area contributed by atoms with Crippen LogP contribution in [0.4, 0.5) is 5.69 Å². The van der Waals surface area contributed by atoms with E-state index in [1.54, 1.807) is 24.3 Å². The number of anilines is 1. The van der Waals surface area contributed by atoms with Crippen molar-refractivity contribution in [2.75, 3.05) is 17.6 Å². The molecule has 2 amide bonds.